The van der Waals surface area contributed by atoms with E-state index in [1.54, 1.807) is 12.1 Å². The lowest BCUT2D eigenvalue weighted by atomic mass is 10.1. The second-order valence-electron chi connectivity index (χ2n) is 7.88. The molecule has 0 fully saturated rings. The standard InChI is InChI=1S/C28H20BrN3O5/c1-36-26-13-20(12-21(16-30)28(33)31-22-9-5-10-23(14-22)32(34)35)25(29)15-27(26)37-17-19-8-4-7-18-6-2-3-11-24(18)19/h2-15H,17H2,1H3,(H,31,33)/b21-12+. The zero-order chi connectivity index (χ0) is 26.4. The average Bonchev–Trinajstić information content (AvgIpc) is 2.91. The Hall–Kier alpha value is -4.68. The van der Waals surface area contributed by atoms with E-state index in [0.717, 1.165) is 16.3 Å². The number of methoxy groups -OCH3 is 1. The van der Waals surface area contributed by atoms with Crippen LogP contribution < -0.4 is 14.8 Å². The van der Waals surface area contributed by atoms with E-state index in [4.69, 9.17) is 9.47 Å². The Morgan fingerprint density at radius 2 is 1.84 bits per heavy atom. The summed E-state index contributed by atoms with van der Waals surface area (Å²) in [5.41, 5.74) is 1.37. The number of halogens is 1. The van der Waals surface area contributed by atoms with Gasteiger partial charge in [-0.15, -0.1) is 0 Å². The summed E-state index contributed by atoms with van der Waals surface area (Å²) in [6.07, 6.45) is 1.40. The first-order valence-corrected chi connectivity index (χ1v) is 11.8. The van der Waals surface area contributed by atoms with Gasteiger partial charge in [-0.05, 0) is 46.2 Å². The summed E-state index contributed by atoms with van der Waals surface area (Å²) in [5, 5.41) is 25.3. The summed E-state index contributed by atoms with van der Waals surface area (Å²) in [7, 11) is 1.50. The molecule has 4 rings (SSSR count). The molecule has 0 saturated carbocycles. The number of non-ortho nitro benzene ring substituents is 1. The molecule has 37 heavy (non-hydrogen) atoms. The van der Waals surface area contributed by atoms with Crippen molar-refractivity contribution in [2.45, 2.75) is 6.61 Å². The summed E-state index contributed by atoms with van der Waals surface area (Å²) in [6, 6.07) is 24.8. The molecule has 0 radical (unpaired) electrons. The number of amides is 1. The van der Waals surface area contributed by atoms with Crippen LogP contribution in [0.5, 0.6) is 11.5 Å². The number of nitro benzene ring substituents is 1. The van der Waals surface area contributed by atoms with Crippen LogP contribution in [0.2, 0.25) is 0 Å². The van der Waals surface area contributed by atoms with Crippen molar-refractivity contribution in [3.05, 3.63) is 110 Å². The van der Waals surface area contributed by atoms with Crippen molar-refractivity contribution in [2.24, 2.45) is 0 Å². The third kappa shape index (κ3) is 5.94. The fourth-order valence-electron chi connectivity index (χ4n) is 3.71. The maximum absolute atomic E-state index is 12.7. The highest BCUT2D eigenvalue weighted by molar-refractivity contribution is 9.10. The molecule has 1 amide bonds. The van der Waals surface area contributed by atoms with Gasteiger partial charge in [0.05, 0.1) is 12.0 Å². The normalized spacial score (nSPS) is 11.0. The molecule has 0 aliphatic heterocycles. The molecule has 4 aromatic carbocycles. The smallest absolute Gasteiger partial charge is 0.271 e. The van der Waals surface area contributed by atoms with Crippen LogP contribution in [-0.4, -0.2) is 17.9 Å². The van der Waals surface area contributed by atoms with Crippen molar-refractivity contribution < 1.29 is 19.2 Å². The third-order valence-corrected chi connectivity index (χ3v) is 6.21. The number of nitrogens with zero attached hydrogens (tertiary/aromatic N) is 2. The molecule has 1 N–H and O–H groups in total. The Kier molecular flexibility index (Phi) is 7.81. The molecule has 8 nitrogen and oxygen atoms in total. The number of carbonyl (C=O) groups excluding carboxylic acids is 1. The fourth-order valence-corrected chi connectivity index (χ4v) is 4.14. The van der Waals surface area contributed by atoms with E-state index in [0.29, 0.717) is 28.1 Å². The van der Waals surface area contributed by atoms with Crippen LogP contribution in [0.4, 0.5) is 11.4 Å². The Labute approximate surface area is 221 Å². The van der Waals surface area contributed by atoms with Gasteiger partial charge in [-0.25, -0.2) is 0 Å². The largest absolute Gasteiger partial charge is 0.493 e. The quantitative estimate of drug-likeness (QED) is 0.112. The van der Waals surface area contributed by atoms with Crippen LogP contribution >= 0.6 is 15.9 Å². The van der Waals surface area contributed by atoms with Gasteiger partial charge in [0.15, 0.2) is 11.5 Å². The molecule has 0 atom stereocenters. The molecular formula is C28H20BrN3O5. The number of nitriles is 1. The van der Waals surface area contributed by atoms with Crippen molar-refractivity contribution in [3.8, 4) is 17.6 Å². The van der Waals surface area contributed by atoms with Crippen LogP contribution in [0.25, 0.3) is 16.8 Å². The number of nitro groups is 1. The first kappa shape index (κ1) is 25.4. The Morgan fingerprint density at radius 3 is 2.59 bits per heavy atom. The minimum atomic E-state index is -0.704. The first-order chi connectivity index (χ1) is 17.9. The van der Waals surface area contributed by atoms with Gasteiger partial charge in [0, 0.05) is 22.3 Å². The number of fused-ring (bicyclic) bond motifs is 1. The first-order valence-electron chi connectivity index (χ1n) is 11.0. The SMILES string of the molecule is COc1cc(/C=C(\C#N)C(=O)Nc2cccc([N+](=O)[O-])c2)c(Br)cc1OCc1cccc2ccccc12. The maximum Gasteiger partial charge on any atom is 0.271 e. The van der Waals surface area contributed by atoms with Gasteiger partial charge in [0.2, 0.25) is 0 Å². The summed E-state index contributed by atoms with van der Waals surface area (Å²) in [5.74, 6) is 0.204. The zero-order valence-electron chi connectivity index (χ0n) is 19.6. The summed E-state index contributed by atoms with van der Waals surface area (Å²) < 4.78 is 12.2. The van der Waals surface area contributed by atoms with E-state index in [2.05, 4.69) is 21.2 Å². The molecular weight excluding hydrogens is 538 g/mol. The summed E-state index contributed by atoms with van der Waals surface area (Å²) in [6.45, 7) is 0.314. The molecule has 0 heterocycles. The number of benzene rings is 4. The lowest BCUT2D eigenvalue weighted by Gasteiger charge is -2.14. The fraction of sp³-hybridized carbons (Fsp3) is 0.0714. The van der Waals surface area contributed by atoms with Crippen molar-refractivity contribution >= 4 is 50.1 Å². The Balaban J connectivity index is 1.56. The molecule has 0 spiro atoms. The van der Waals surface area contributed by atoms with Crippen LogP contribution in [0, 0.1) is 21.4 Å². The number of carbonyl (C=O) groups is 1. The number of anilines is 1. The molecule has 0 aliphatic carbocycles. The van der Waals surface area contributed by atoms with Crippen LogP contribution in [-0.2, 0) is 11.4 Å². The average molecular weight is 558 g/mol. The number of nitrogens with one attached hydrogen (secondary N) is 1. The topological polar surface area (TPSA) is 114 Å². The van der Waals surface area contributed by atoms with E-state index in [-0.39, 0.29) is 16.9 Å². The van der Waals surface area contributed by atoms with Crippen LogP contribution in [0.15, 0.2) is 88.9 Å². The minimum Gasteiger partial charge on any atom is -0.493 e. The van der Waals surface area contributed by atoms with Gasteiger partial charge in [0.1, 0.15) is 18.2 Å². The van der Waals surface area contributed by atoms with Crippen molar-refractivity contribution in [3.63, 3.8) is 0 Å². The molecule has 4 aromatic rings. The van der Waals surface area contributed by atoms with Crippen molar-refractivity contribution in [1.29, 1.82) is 5.26 Å². The number of rotatable bonds is 8. The lowest BCUT2D eigenvalue weighted by Crippen LogP contribution is -2.13. The van der Waals surface area contributed by atoms with E-state index in [1.807, 2.05) is 48.5 Å². The van der Waals surface area contributed by atoms with Gasteiger partial charge in [-0.3, -0.25) is 14.9 Å². The van der Waals surface area contributed by atoms with Gasteiger partial charge in [0.25, 0.3) is 11.6 Å². The van der Waals surface area contributed by atoms with Crippen molar-refractivity contribution in [1.82, 2.24) is 0 Å². The van der Waals surface area contributed by atoms with Gasteiger partial charge >= 0.3 is 0 Å². The molecule has 184 valence electrons. The van der Waals surface area contributed by atoms with Gasteiger partial charge in [-0.1, -0.05) is 64.5 Å². The summed E-state index contributed by atoms with van der Waals surface area (Å²) in [4.78, 5) is 23.1. The number of hydrogen-bond acceptors (Lipinski definition) is 6. The molecule has 0 aliphatic rings. The molecule has 0 saturated heterocycles. The highest BCUT2D eigenvalue weighted by Gasteiger charge is 2.15. The van der Waals surface area contributed by atoms with E-state index in [9.17, 15) is 20.2 Å². The van der Waals surface area contributed by atoms with Crippen molar-refractivity contribution in [2.75, 3.05) is 12.4 Å². The van der Waals surface area contributed by atoms with E-state index >= 15 is 0 Å². The highest BCUT2D eigenvalue weighted by Crippen LogP contribution is 2.35. The van der Waals surface area contributed by atoms with E-state index < -0.39 is 10.8 Å². The highest BCUT2D eigenvalue weighted by atomic mass is 79.9. The maximum atomic E-state index is 12.7. The molecule has 0 bridgehead atoms. The third-order valence-electron chi connectivity index (χ3n) is 5.53. The second-order valence-corrected chi connectivity index (χ2v) is 8.74. The number of ether oxygens (including phenoxy) is 2. The lowest BCUT2D eigenvalue weighted by molar-refractivity contribution is -0.384. The monoisotopic (exact) mass is 557 g/mol. The second kappa shape index (κ2) is 11.4. The Morgan fingerprint density at radius 1 is 1.08 bits per heavy atom. The summed E-state index contributed by atoms with van der Waals surface area (Å²) >= 11 is 3.48. The van der Waals surface area contributed by atoms with Crippen LogP contribution in [0.1, 0.15) is 11.1 Å². The minimum absolute atomic E-state index is 0.174. The van der Waals surface area contributed by atoms with Crippen LogP contribution in [0.3, 0.4) is 0 Å². The van der Waals surface area contributed by atoms with Gasteiger partial charge in [-0.2, -0.15) is 5.26 Å². The Bertz CT molecular complexity index is 1570. The zero-order valence-corrected chi connectivity index (χ0v) is 21.2. The molecule has 0 aromatic heterocycles. The van der Waals surface area contributed by atoms with Gasteiger partial charge < -0.3 is 14.8 Å². The van der Waals surface area contributed by atoms with E-state index in [1.165, 1.54) is 37.5 Å². The molecule has 9 heteroatoms. The predicted molar refractivity (Wildman–Crippen MR) is 144 cm³/mol. The predicted octanol–water partition coefficient (Wildman–Crippen LogP) is 6.64. The molecule has 0 unspecified atom stereocenters. The number of hydrogen-bond donors (Lipinski definition) is 1.